The molecule has 0 aliphatic carbocycles. The predicted octanol–water partition coefficient (Wildman–Crippen LogP) is 4.04. The minimum atomic E-state index is -3.19. The summed E-state index contributed by atoms with van der Waals surface area (Å²) in [4.78, 5) is 0.422. The molecule has 3 rings (SSSR count). The van der Waals surface area contributed by atoms with Crippen molar-refractivity contribution in [1.82, 2.24) is 0 Å². The van der Waals surface area contributed by atoms with E-state index in [1.807, 2.05) is 24.3 Å². The van der Waals surface area contributed by atoms with Gasteiger partial charge in [-0.15, -0.1) is 0 Å². The van der Waals surface area contributed by atoms with Gasteiger partial charge < -0.3 is 5.32 Å². The Morgan fingerprint density at radius 3 is 2.70 bits per heavy atom. The second-order valence-corrected chi connectivity index (χ2v) is 7.91. The van der Waals surface area contributed by atoms with Crippen molar-refractivity contribution in [3.63, 3.8) is 0 Å². The van der Waals surface area contributed by atoms with E-state index in [-0.39, 0.29) is 11.8 Å². The highest BCUT2D eigenvalue weighted by atomic mass is 79.9. The lowest BCUT2D eigenvalue weighted by Gasteiger charge is -2.14. The molecule has 2 aromatic rings. The van der Waals surface area contributed by atoms with Crippen molar-refractivity contribution < 1.29 is 8.42 Å². The van der Waals surface area contributed by atoms with Crippen molar-refractivity contribution in [1.29, 1.82) is 0 Å². The van der Waals surface area contributed by atoms with Gasteiger partial charge in [-0.2, -0.15) is 0 Å². The second-order valence-electron chi connectivity index (χ2n) is 4.65. The smallest absolute Gasteiger partial charge is 0.181 e. The van der Waals surface area contributed by atoms with Crippen molar-refractivity contribution in [2.45, 2.75) is 10.9 Å². The zero-order valence-electron chi connectivity index (χ0n) is 10.3. The lowest BCUT2D eigenvalue weighted by molar-refractivity contribution is 0.598. The summed E-state index contributed by atoms with van der Waals surface area (Å²) in [5.74, 6) is 0.0760. The SMILES string of the molecule is O=S1(=O)CC(Nc2ccc(Cl)c(Br)c2)c2ccccc21. The van der Waals surface area contributed by atoms with Crippen LogP contribution >= 0.6 is 27.5 Å². The van der Waals surface area contributed by atoms with E-state index in [0.29, 0.717) is 9.92 Å². The number of rotatable bonds is 2. The fraction of sp³-hybridized carbons (Fsp3) is 0.143. The third-order valence-corrected chi connectivity index (χ3v) is 6.30. The highest BCUT2D eigenvalue weighted by Gasteiger charge is 2.34. The Hall–Kier alpha value is -1.04. The van der Waals surface area contributed by atoms with Crippen LogP contribution in [0.25, 0.3) is 0 Å². The molecule has 0 radical (unpaired) electrons. The molecule has 0 amide bonds. The molecule has 0 saturated carbocycles. The van der Waals surface area contributed by atoms with Gasteiger partial charge in [0.25, 0.3) is 0 Å². The summed E-state index contributed by atoms with van der Waals surface area (Å²) >= 11 is 9.31. The minimum Gasteiger partial charge on any atom is -0.377 e. The molecule has 1 aliphatic heterocycles. The fourth-order valence-electron chi connectivity index (χ4n) is 2.36. The van der Waals surface area contributed by atoms with E-state index in [1.54, 1.807) is 18.2 Å². The van der Waals surface area contributed by atoms with E-state index < -0.39 is 9.84 Å². The molecule has 2 aromatic carbocycles. The largest absolute Gasteiger partial charge is 0.377 e. The van der Waals surface area contributed by atoms with Crippen molar-refractivity contribution in [3.05, 3.63) is 57.5 Å². The van der Waals surface area contributed by atoms with Crippen LogP contribution in [-0.2, 0) is 9.84 Å². The third kappa shape index (κ3) is 2.45. The molecule has 20 heavy (non-hydrogen) atoms. The molecule has 0 spiro atoms. The summed E-state index contributed by atoms with van der Waals surface area (Å²) in [5, 5.41) is 3.87. The summed E-state index contributed by atoms with van der Waals surface area (Å²) < 4.78 is 25.0. The number of hydrogen-bond donors (Lipinski definition) is 1. The zero-order chi connectivity index (χ0) is 14.3. The molecule has 0 fully saturated rings. The van der Waals surface area contributed by atoms with Crippen LogP contribution in [-0.4, -0.2) is 14.2 Å². The molecule has 0 bridgehead atoms. The van der Waals surface area contributed by atoms with E-state index in [9.17, 15) is 8.42 Å². The lowest BCUT2D eigenvalue weighted by atomic mass is 10.1. The average molecular weight is 373 g/mol. The number of hydrogen-bond acceptors (Lipinski definition) is 3. The van der Waals surface area contributed by atoms with Crippen LogP contribution in [0.5, 0.6) is 0 Å². The van der Waals surface area contributed by atoms with Crippen LogP contribution in [0.2, 0.25) is 5.02 Å². The Morgan fingerprint density at radius 1 is 1.20 bits per heavy atom. The molecule has 3 nitrogen and oxygen atoms in total. The third-order valence-electron chi connectivity index (χ3n) is 3.28. The Morgan fingerprint density at radius 2 is 1.95 bits per heavy atom. The maximum absolute atomic E-state index is 12.1. The molecule has 1 aliphatic rings. The highest BCUT2D eigenvalue weighted by Crippen LogP contribution is 2.36. The van der Waals surface area contributed by atoms with Gasteiger partial charge >= 0.3 is 0 Å². The van der Waals surface area contributed by atoms with Gasteiger partial charge in [-0.05, 0) is 45.8 Å². The number of benzene rings is 2. The van der Waals surface area contributed by atoms with Gasteiger partial charge in [-0.1, -0.05) is 29.8 Å². The van der Waals surface area contributed by atoms with E-state index in [2.05, 4.69) is 21.2 Å². The Bertz CT molecular complexity index is 776. The van der Waals surface area contributed by atoms with Crippen molar-refractivity contribution in [2.24, 2.45) is 0 Å². The monoisotopic (exact) mass is 371 g/mol. The first-order chi connectivity index (χ1) is 9.47. The number of sulfone groups is 1. The average Bonchev–Trinajstić information content (AvgIpc) is 2.66. The molecule has 1 N–H and O–H groups in total. The molecule has 104 valence electrons. The quantitative estimate of drug-likeness (QED) is 0.865. The number of nitrogens with one attached hydrogen (secondary N) is 1. The molecule has 6 heteroatoms. The molecular weight excluding hydrogens is 362 g/mol. The molecule has 1 atom stereocenters. The summed E-state index contributed by atoms with van der Waals surface area (Å²) in [6.07, 6.45) is 0. The normalized spacial score (nSPS) is 19.6. The van der Waals surface area contributed by atoms with Crippen molar-refractivity contribution in [3.8, 4) is 0 Å². The van der Waals surface area contributed by atoms with E-state index in [4.69, 9.17) is 11.6 Å². The van der Waals surface area contributed by atoms with E-state index >= 15 is 0 Å². The molecular formula is C14H11BrClNO2S. The maximum Gasteiger partial charge on any atom is 0.181 e. The van der Waals surface area contributed by atoms with Gasteiger partial charge in [0.15, 0.2) is 9.84 Å². The van der Waals surface area contributed by atoms with Crippen LogP contribution in [0.3, 0.4) is 0 Å². The number of fused-ring (bicyclic) bond motifs is 1. The number of anilines is 1. The van der Waals surface area contributed by atoms with Crippen LogP contribution in [0.1, 0.15) is 11.6 Å². The molecule has 0 saturated heterocycles. The zero-order valence-corrected chi connectivity index (χ0v) is 13.5. The van der Waals surface area contributed by atoms with Crippen molar-refractivity contribution >= 4 is 43.1 Å². The first-order valence-corrected chi connectivity index (χ1v) is 8.83. The first-order valence-electron chi connectivity index (χ1n) is 6.01. The summed E-state index contributed by atoms with van der Waals surface area (Å²) in [6.45, 7) is 0. The van der Waals surface area contributed by atoms with Gasteiger partial charge in [-0.25, -0.2) is 8.42 Å². The van der Waals surface area contributed by atoms with Crippen LogP contribution in [0, 0.1) is 0 Å². The maximum atomic E-state index is 12.1. The Labute approximate surface area is 131 Å². The topological polar surface area (TPSA) is 46.2 Å². The Kier molecular flexibility index (Phi) is 3.52. The van der Waals surface area contributed by atoms with Gasteiger partial charge in [0.1, 0.15) is 0 Å². The summed E-state index contributed by atoms with van der Waals surface area (Å²) in [7, 11) is -3.19. The molecule has 0 aromatic heterocycles. The van der Waals surface area contributed by atoms with Gasteiger partial charge in [0.05, 0.1) is 21.7 Å². The predicted molar refractivity (Wildman–Crippen MR) is 84.0 cm³/mol. The van der Waals surface area contributed by atoms with Gasteiger partial charge in [0, 0.05) is 10.2 Å². The summed E-state index contributed by atoms with van der Waals surface area (Å²) in [6, 6.07) is 12.3. The van der Waals surface area contributed by atoms with E-state index in [1.165, 1.54) is 0 Å². The number of halogens is 2. The van der Waals surface area contributed by atoms with Crippen LogP contribution in [0.4, 0.5) is 5.69 Å². The molecule has 1 heterocycles. The second kappa shape index (κ2) is 5.06. The van der Waals surface area contributed by atoms with Crippen LogP contribution < -0.4 is 5.32 Å². The lowest BCUT2D eigenvalue weighted by Crippen LogP contribution is -2.12. The van der Waals surface area contributed by atoms with Gasteiger partial charge in [0.2, 0.25) is 0 Å². The summed E-state index contributed by atoms with van der Waals surface area (Å²) in [5.41, 5.74) is 1.65. The Balaban J connectivity index is 1.95. The minimum absolute atomic E-state index is 0.0760. The van der Waals surface area contributed by atoms with Crippen LogP contribution in [0.15, 0.2) is 51.8 Å². The van der Waals surface area contributed by atoms with Crippen molar-refractivity contribution in [2.75, 3.05) is 11.1 Å². The van der Waals surface area contributed by atoms with Gasteiger partial charge in [-0.3, -0.25) is 0 Å². The first kappa shape index (κ1) is 13.9. The van der Waals surface area contributed by atoms with E-state index in [0.717, 1.165) is 15.7 Å². The molecule has 1 unspecified atom stereocenters. The fourth-order valence-corrected chi connectivity index (χ4v) is 4.59. The highest BCUT2D eigenvalue weighted by molar-refractivity contribution is 9.10. The standard InChI is InChI=1S/C14H11BrClNO2S/c15-11-7-9(5-6-12(11)16)17-13-8-20(18,19)14-4-2-1-3-10(13)14/h1-7,13,17H,8H2.